The number of hydrogen-bond donors (Lipinski definition) is 1. The van der Waals surface area contributed by atoms with Crippen LogP contribution in [0.3, 0.4) is 0 Å². The number of carbonyl (C=O) groups is 1. The van der Waals surface area contributed by atoms with Gasteiger partial charge in [0.05, 0.1) is 18.0 Å². The van der Waals surface area contributed by atoms with Crippen molar-refractivity contribution in [2.24, 2.45) is 5.41 Å². The van der Waals surface area contributed by atoms with Crippen LogP contribution in [0.25, 0.3) is 0 Å². The Bertz CT molecular complexity index is 243. The van der Waals surface area contributed by atoms with Crippen LogP contribution in [0, 0.1) is 16.7 Å². The number of rotatable bonds is 7. The van der Waals surface area contributed by atoms with E-state index in [-0.39, 0.29) is 12.0 Å². The molecule has 4 heteroatoms. The van der Waals surface area contributed by atoms with Crippen LogP contribution in [0.2, 0.25) is 0 Å². The Balaban J connectivity index is 3.83. The zero-order valence-corrected chi connectivity index (χ0v) is 9.79. The van der Waals surface area contributed by atoms with Crippen molar-refractivity contribution in [2.75, 3.05) is 19.6 Å². The zero-order valence-electron chi connectivity index (χ0n) is 9.79. The van der Waals surface area contributed by atoms with E-state index in [2.05, 4.69) is 6.07 Å². The molecule has 0 saturated carbocycles. The smallest absolute Gasteiger partial charge is 0.317 e. The molecule has 0 aliphatic heterocycles. The highest BCUT2D eigenvalue weighted by atomic mass is 16.4. The molecule has 0 amide bonds. The van der Waals surface area contributed by atoms with Crippen LogP contribution in [0.1, 0.15) is 33.6 Å². The Labute approximate surface area is 91.5 Å². The van der Waals surface area contributed by atoms with E-state index in [0.717, 1.165) is 25.9 Å². The number of carboxylic acids is 1. The molecule has 0 aliphatic carbocycles. The molecule has 0 bridgehead atoms. The molecule has 0 aromatic rings. The normalized spacial score (nSPS) is 11.4. The predicted octanol–water partition coefficient (Wildman–Crippen LogP) is 1.72. The molecular weight excluding hydrogens is 192 g/mol. The molecular formula is C11H20N2O2. The average molecular weight is 212 g/mol. The topological polar surface area (TPSA) is 64.3 Å². The second-order valence-corrected chi connectivity index (χ2v) is 4.36. The number of aliphatic carboxylic acids is 1. The van der Waals surface area contributed by atoms with Crippen LogP contribution in [-0.4, -0.2) is 35.6 Å². The molecule has 0 saturated heterocycles. The van der Waals surface area contributed by atoms with Crippen LogP contribution in [0.5, 0.6) is 0 Å². The lowest BCUT2D eigenvalue weighted by Crippen LogP contribution is -2.31. The summed E-state index contributed by atoms with van der Waals surface area (Å²) in [5.74, 6) is -0.795. The summed E-state index contributed by atoms with van der Waals surface area (Å²) < 4.78 is 0. The third-order valence-electron chi connectivity index (χ3n) is 2.38. The van der Waals surface area contributed by atoms with Crippen LogP contribution < -0.4 is 0 Å². The highest BCUT2D eigenvalue weighted by molar-refractivity contribution is 5.69. The highest BCUT2D eigenvalue weighted by Gasteiger charge is 2.16. The van der Waals surface area contributed by atoms with Gasteiger partial charge in [-0.1, -0.05) is 6.92 Å². The van der Waals surface area contributed by atoms with Crippen molar-refractivity contribution < 1.29 is 9.90 Å². The van der Waals surface area contributed by atoms with Gasteiger partial charge in [0, 0.05) is 0 Å². The van der Waals surface area contributed by atoms with Crippen LogP contribution in [0.15, 0.2) is 0 Å². The quantitative estimate of drug-likeness (QED) is 0.698. The maximum atomic E-state index is 10.5. The first kappa shape index (κ1) is 13.9. The van der Waals surface area contributed by atoms with E-state index in [4.69, 9.17) is 10.4 Å². The minimum Gasteiger partial charge on any atom is -0.480 e. The molecule has 1 N–H and O–H groups in total. The number of nitrogens with zero attached hydrogens (tertiary/aromatic N) is 2. The summed E-state index contributed by atoms with van der Waals surface area (Å²) in [6, 6.07) is 2.24. The van der Waals surface area contributed by atoms with E-state index in [9.17, 15) is 4.79 Å². The van der Waals surface area contributed by atoms with E-state index in [1.54, 1.807) is 0 Å². The molecule has 0 spiro atoms. The van der Waals surface area contributed by atoms with Crippen molar-refractivity contribution in [1.29, 1.82) is 5.26 Å². The van der Waals surface area contributed by atoms with Gasteiger partial charge in [-0.3, -0.25) is 9.69 Å². The van der Waals surface area contributed by atoms with Gasteiger partial charge < -0.3 is 5.11 Å². The lowest BCUT2D eigenvalue weighted by atomic mass is 9.90. The van der Waals surface area contributed by atoms with Gasteiger partial charge in [0.25, 0.3) is 0 Å². The van der Waals surface area contributed by atoms with Crippen molar-refractivity contribution in [3.8, 4) is 6.07 Å². The summed E-state index contributed by atoms with van der Waals surface area (Å²) in [4.78, 5) is 12.4. The molecule has 0 aromatic heterocycles. The summed E-state index contributed by atoms with van der Waals surface area (Å²) in [6.45, 7) is 7.32. The minimum absolute atomic E-state index is 0.0868. The molecule has 4 nitrogen and oxygen atoms in total. The van der Waals surface area contributed by atoms with Gasteiger partial charge in [-0.15, -0.1) is 0 Å². The molecule has 0 rings (SSSR count). The molecule has 0 unspecified atom stereocenters. The Hall–Kier alpha value is -1.08. The van der Waals surface area contributed by atoms with Crippen LogP contribution in [-0.2, 0) is 4.79 Å². The molecule has 0 aliphatic rings. The van der Waals surface area contributed by atoms with Gasteiger partial charge >= 0.3 is 5.97 Å². The van der Waals surface area contributed by atoms with Crippen molar-refractivity contribution in [2.45, 2.75) is 33.6 Å². The molecule has 15 heavy (non-hydrogen) atoms. The number of nitriles is 1. The summed E-state index contributed by atoms with van der Waals surface area (Å²) in [5.41, 5.74) is -0.303. The molecule has 0 aromatic carbocycles. The third kappa shape index (κ3) is 6.92. The number of hydrogen-bond acceptors (Lipinski definition) is 3. The Morgan fingerprint density at radius 2 is 2.13 bits per heavy atom. The zero-order chi connectivity index (χ0) is 11.9. The van der Waals surface area contributed by atoms with Crippen molar-refractivity contribution in [1.82, 2.24) is 4.90 Å². The summed E-state index contributed by atoms with van der Waals surface area (Å²) in [7, 11) is 0. The summed E-state index contributed by atoms with van der Waals surface area (Å²) >= 11 is 0. The van der Waals surface area contributed by atoms with Gasteiger partial charge in [-0.05, 0) is 39.8 Å². The Kier molecular flexibility index (Phi) is 5.95. The molecule has 0 radical (unpaired) electrons. The minimum atomic E-state index is -0.795. The Morgan fingerprint density at radius 3 is 2.53 bits per heavy atom. The molecule has 86 valence electrons. The number of carboxylic acid groups (broad SMARTS) is 1. The third-order valence-corrected chi connectivity index (χ3v) is 2.38. The second-order valence-electron chi connectivity index (χ2n) is 4.36. The molecule has 0 atom stereocenters. The summed E-state index contributed by atoms with van der Waals surface area (Å²) in [6.07, 6.45) is 1.67. The highest BCUT2D eigenvalue weighted by Crippen LogP contribution is 2.20. The van der Waals surface area contributed by atoms with E-state index in [1.165, 1.54) is 0 Å². The van der Waals surface area contributed by atoms with Gasteiger partial charge in [-0.2, -0.15) is 5.26 Å². The SMILES string of the molecule is CCN(CCCC(C)(C)C#N)CC(=O)O. The predicted molar refractivity (Wildman–Crippen MR) is 58.4 cm³/mol. The lowest BCUT2D eigenvalue weighted by molar-refractivity contribution is -0.138. The Morgan fingerprint density at radius 1 is 1.53 bits per heavy atom. The number of likely N-dealkylation sites (N-methyl/N-ethyl adjacent to an activating group) is 1. The fourth-order valence-electron chi connectivity index (χ4n) is 1.34. The fourth-order valence-corrected chi connectivity index (χ4v) is 1.34. The largest absolute Gasteiger partial charge is 0.480 e. The maximum absolute atomic E-state index is 10.5. The van der Waals surface area contributed by atoms with E-state index in [1.807, 2.05) is 25.7 Å². The summed E-state index contributed by atoms with van der Waals surface area (Å²) in [5, 5.41) is 17.4. The van der Waals surface area contributed by atoms with Crippen LogP contribution >= 0.6 is 0 Å². The van der Waals surface area contributed by atoms with Gasteiger partial charge in [-0.25, -0.2) is 0 Å². The van der Waals surface area contributed by atoms with E-state index >= 15 is 0 Å². The molecule has 0 fully saturated rings. The van der Waals surface area contributed by atoms with Crippen molar-refractivity contribution in [3.05, 3.63) is 0 Å². The van der Waals surface area contributed by atoms with Crippen molar-refractivity contribution in [3.63, 3.8) is 0 Å². The average Bonchev–Trinajstić information content (AvgIpc) is 2.15. The second kappa shape index (κ2) is 6.41. The monoisotopic (exact) mass is 212 g/mol. The van der Waals surface area contributed by atoms with Crippen LogP contribution in [0.4, 0.5) is 0 Å². The standard InChI is InChI=1S/C11H20N2O2/c1-4-13(8-10(14)15)7-5-6-11(2,3)9-12/h4-8H2,1-3H3,(H,14,15). The fraction of sp³-hybridized carbons (Fsp3) is 0.818. The lowest BCUT2D eigenvalue weighted by Gasteiger charge is -2.20. The van der Waals surface area contributed by atoms with E-state index in [0.29, 0.717) is 0 Å². The first-order valence-corrected chi connectivity index (χ1v) is 5.26. The first-order chi connectivity index (χ1) is 6.91. The maximum Gasteiger partial charge on any atom is 0.317 e. The van der Waals surface area contributed by atoms with Gasteiger partial charge in [0.15, 0.2) is 0 Å². The molecule has 0 heterocycles. The van der Waals surface area contributed by atoms with Crippen molar-refractivity contribution >= 4 is 5.97 Å². The first-order valence-electron chi connectivity index (χ1n) is 5.26. The van der Waals surface area contributed by atoms with Gasteiger partial charge in [0.1, 0.15) is 0 Å². The van der Waals surface area contributed by atoms with Gasteiger partial charge in [0.2, 0.25) is 0 Å². The van der Waals surface area contributed by atoms with E-state index < -0.39 is 5.97 Å².